The molecule has 0 spiro atoms. The summed E-state index contributed by atoms with van der Waals surface area (Å²) in [6, 6.07) is 29.8. The van der Waals surface area contributed by atoms with E-state index in [4.69, 9.17) is 0 Å². The average Bonchev–Trinajstić information content (AvgIpc) is 3.15. The van der Waals surface area contributed by atoms with Crippen molar-refractivity contribution < 1.29 is 0 Å². The summed E-state index contributed by atoms with van der Waals surface area (Å²) in [7, 11) is 0. The smallest absolute Gasteiger partial charge is 0.00141 e. The number of fused-ring (bicyclic) bond motifs is 5. The van der Waals surface area contributed by atoms with Gasteiger partial charge >= 0.3 is 0 Å². The third-order valence-electron chi connectivity index (χ3n) is 10.8. The Morgan fingerprint density at radius 2 is 1.33 bits per heavy atom. The van der Waals surface area contributed by atoms with Gasteiger partial charge in [0.1, 0.15) is 0 Å². The molecule has 46 heavy (non-hydrogen) atoms. The SMILES string of the molecule is CC1=CC(c2cc3c4c(ccc3c3c2cc2c5cccc(c53)C=CC=CC2)C=Cc2cccc3cccc(c23)C=C4)=CC(C)C1C. The van der Waals surface area contributed by atoms with Gasteiger partial charge in [-0.2, -0.15) is 0 Å². The van der Waals surface area contributed by atoms with Crippen molar-refractivity contribution in [3.8, 4) is 0 Å². The highest BCUT2D eigenvalue weighted by atomic mass is 14.3. The molecule has 0 amide bonds. The lowest BCUT2D eigenvalue weighted by atomic mass is 9.79. The molecule has 0 radical (unpaired) electrons. The number of hydrogen-bond acceptors (Lipinski definition) is 0. The molecule has 0 N–H and O–H groups in total. The van der Waals surface area contributed by atoms with Crippen molar-refractivity contribution in [3.63, 3.8) is 0 Å². The van der Waals surface area contributed by atoms with Crippen molar-refractivity contribution in [3.05, 3.63) is 154 Å². The third-order valence-corrected chi connectivity index (χ3v) is 10.8. The number of benzene rings is 6. The van der Waals surface area contributed by atoms with Crippen LogP contribution in [0.25, 0.3) is 79.0 Å². The molecule has 2 unspecified atom stereocenters. The Labute approximate surface area is 271 Å². The molecule has 0 fully saturated rings. The number of hydrogen-bond donors (Lipinski definition) is 0. The molecule has 3 aliphatic rings. The molecule has 3 aliphatic carbocycles. The third kappa shape index (κ3) is 4.13. The van der Waals surface area contributed by atoms with Crippen LogP contribution < -0.4 is 0 Å². The normalized spacial score (nSPS) is 18.6. The zero-order valence-electron chi connectivity index (χ0n) is 26.6. The van der Waals surface area contributed by atoms with E-state index >= 15 is 0 Å². The molecule has 4 bridgehead atoms. The largest absolute Gasteiger partial charge is 0.0801 e. The van der Waals surface area contributed by atoms with E-state index in [1.165, 1.54) is 93.2 Å². The summed E-state index contributed by atoms with van der Waals surface area (Å²) in [5.74, 6) is 1.03. The van der Waals surface area contributed by atoms with E-state index in [1.54, 1.807) is 0 Å². The van der Waals surface area contributed by atoms with Crippen molar-refractivity contribution >= 4 is 79.0 Å². The van der Waals surface area contributed by atoms with Crippen LogP contribution in [0.2, 0.25) is 0 Å². The monoisotopic (exact) mass is 588 g/mol. The van der Waals surface area contributed by atoms with Crippen molar-refractivity contribution in [2.75, 3.05) is 0 Å². The number of rotatable bonds is 1. The summed E-state index contributed by atoms with van der Waals surface area (Å²) in [6.45, 7) is 7.03. The Morgan fingerprint density at radius 1 is 0.587 bits per heavy atom. The lowest BCUT2D eigenvalue weighted by Crippen LogP contribution is -2.11. The molecule has 9 rings (SSSR count). The molecule has 2 atom stereocenters. The summed E-state index contributed by atoms with van der Waals surface area (Å²) >= 11 is 0. The van der Waals surface area contributed by atoms with Crippen molar-refractivity contribution in [1.82, 2.24) is 0 Å². The van der Waals surface area contributed by atoms with E-state index < -0.39 is 0 Å². The summed E-state index contributed by atoms with van der Waals surface area (Å²) < 4.78 is 0. The molecular formula is C46H36. The first-order valence-electron chi connectivity index (χ1n) is 16.6. The highest BCUT2D eigenvalue weighted by molar-refractivity contribution is 6.26. The molecule has 6 aromatic rings. The first kappa shape index (κ1) is 27.1. The van der Waals surface area contributed by atoms with Gasteiger partial charge in [-0.1, -0.05) is 147 Å². The number of allylic oxidation sites excluding steroid dienone is 7. The molecule has 0 heteroatoms. The molecule has 0 aliphatic heterocycles. The van der Waals surface area contributed by atoms with Crippen LogP contribution in [0.1, 0.15) is 59.7 Å². The van der Waals surface area contributed by atoms with Crippen LogP contribution in [-0.4, -0.2) is 0 Å². The Bertz CT molecular complexity index is 2460. The van der Waals surface area contributed by atoms with Gasteiger partial charge in [0.25, 0.3) is 0 Å². The first-order chi connectivity index (χ1) is 22.5. The second-order valence-corrected chi connectivity index (χ2v) is 13.4. The Kier molecular flexibility index (Phi) is 6.15. The van der Waals surface area contributed by atoms with E-state index in [0.29, 0.717) is 11.8 Å². The van der Waals surface area contributed by atoms with Gasteiger partial charge in [0.05, 0.1) is 0 Å². The van der Waals surface area contributed by atoms with Crippen LogP contribution >= 0.6 is 0 Å². The van der Waals surface area contributed by atoms with Gasteiger partial charge in [0, 0.05) is 0 Å². The van der Waals surface area contributed by atoms with E-state index in [1.807, 2.05) is 0 Å². The highest BCUT2D eigenvalue weighted by Crippen LogP contribution is 2.45. The Balaban J connectivity index is 1.45. The highest BCUT2D eigenvalue weighted by Gasteiger charge is 2.23. The summed E-state index contributed by atoms with van der Waals surface area (Å²) in [5, 5.41) is 10.6. The second-order valence-electron chi connectivity index (χ2n) is 13.4. The minimum Gasteiger partial charge on any atom is -0.0801 e. The van der Waals surface area contributed by atoms with Crippen LogP contribution in [0.15, 0.2) is 115 Å². The lowest BCUT2D eigenvalue weighted by molar-refractivity contribution is 0.525. The van der Waals surface area contributed by atoms with Crippen molar-refractivity contribution in [2.45, 2.75) is 27.2 Å². The molecule has 0 saturated carbocycles. The summed E-state index contributed by atoms with van der Waals surface area (Å²) in [4.78, 5) is 0. The van der Waals surface area contributed by atoms with Gasteiger partial charge < -0.3 is 0 Å². The quantitative estimate of drug-likeness (QED) is 0.167. The Morgan fingerprint density at radius 3 is 2.13 bits per heavy atom. The van der Waals surface area contributed by atoms with Crippen molar-refractivity contribution in [2.24, 2.45) is 11.8 Å². The predicted octanol–water partition coefficient (Wildman–Crippen LogP) is 12.7. The first-order valence-corrected chi connectivity index (χ1v) is 16.6. The molecular weight excluding hydrogens is 553 g/mol. The van der Waals surface area contributed by atoms with Gasteiger partial charge in [-0.25, -0.2) is 0 Å². The lowest BCUT2D eigenvalue weighted by Gasteiger charge is -2.26. The summed E-state index contributed by atoms with van der Waals surface area (Å²) in [5.41, 5.74) is 11.8. The molecule has 6 aromatic carbocycles. The summed E-state index contributed by atoms with van der Waals surface area (Å²) in [6.07, 6.45) is 24.2. The molecule has 0 nitrogen and oxygen atoms in total. The predicted molar refractivity (Wildman–Crippen MR) is 203 cm³/mol. The van der Waals surface area contributed by atoms with Gasteiger partial charge in [0.2, 0.25) is 0 Å². The Hall–Kier alpha value is -5.20. The second kappa shape index (κ2) is 10.4. The van der Waals surface area contributed by atoms with Crippen LogP contribution in [-0.2, 0) is 6.42 Å². The van der Waals surface area contributed by atoms with Crippen LogP contribution in [0, 0.1) is 11.8 Å². The van der Waals surface area contributed by atoms with E-state index in [0.717, 1.165) is 6.42 Å². The van der Waals surface area contributed by atoms with Crippen LogP contribution in [0.3, 0.4) is 0 Å². The molecule has 0 heterocycles. The fourth-order valence-electron chi connectivity index (χ4n) is 8.09. The fourth-order valence-corrected chi connectivity index (χ4v) is 8.09. The van der Waals surface area contributed by atoms with E-state index in [2.05, 4.69) is 160 Å². The zero-order chi connectivity index (χ0) is 30.9. The standard InChI is InChI=1S/C46H36/c1-28-24-37(25-29(2)30(28)3)41-27-42-38-22-21-35-15-8-13-32-12-7-14-34(44(32)35)19-18-31(38)20-23-40(42)46-43(41)26-36-11-6-4-5-10-33-16-9-17-39(36)45(33)46/h4-10,12-28,30H,11H2,1-3H3. The van der Waals surface area contributed by atoms with Gasteiger partial charge in [-0.15, -0.1) is 0 Å². The van der Waals surface area contributed by atoms with Crippen molar-refractivity contribution in [1.29, 1.82) is 0 Å². The van der Waals surface area contributed by atoms with E-state index in [9.17, 15) is 0 Å². The minimum absolute atomic E-state index is 0.482. The maximum absolute atomic E-state index is 2.51. The fraction of sp³-hybridized carbons (Fsp3) is 0.130. The maximum atomic E-state index is 2.51. The van der Waals surface area contributed by atoms with Crippen LogP contribution in [0.5, 0.6) is 0 Å². The zero-order valence-corrected chi connectivity index (χ0v) is 26.6. The molecule has 0 aromatic heterocycles. The van der Waals surface area contributed by atoms with Gasteiger partial charge in [-0.3, -0.25) is 0 Å². The maximum Gasteiger partial charge on any atom is -0.00141 e. The van der Waals surface area contributed by atoms with Crippen LogP contribution in [0.4, 0.5) is 0 Å². The molecule has 0 saturated heterocycles. The minimum atomic E-state index is 0.482. The van der Waals surface area contributed by atoms with E-state index in [-0.39, 0.29) is 0 Å². The average molecular weight is 589 g/mol. The topological polar surface area (TPSA) is 0 Å². The van der Waals surface area contributed by atoms with Gasteiger partial charge in [-0.05, 0) is 125 Å². The van der Waals surface area contributed by atoms with Gasteiger partial charge in [0.15, 0.2) is 0 Å². The molecule has 220 valence electrons.